The number of hydrogen-bond donors (Lipinski definition) is 2. The lowest BCUT2D eigenvalue weighted by molar-refractivity contribution is -0.118. The molecule has 2 N–H and O–H groups in total. The van der Waals surface area contributed by atoms with Gasteiger partial charge in [0, 0.05) is 61.9 Å². The topological polar surface area (TPSA) is 130 Å². The van der Waals surface area contributed by atoms with Gasteiger partial charge in [0.15, 0.2) is 0 Å². The van der Waals surface area contributed by atoms with E-state index in [1.165, 1.54) is 19.4 Å². The van der Waals surface area contributed by atoms with Gasteiger partial charge in [0.05, 0.1) is 23.9 Å². The Labute approximate surface area is 257 Å². The second-order valence-electron chi connectivity index (χ2n) is 12.2. The average molecular weight is 626 g/mol. The zero-order valence-corrected chi connectivity index (χ0v) is 26.6. The van der Waals surface area contributed by atoms with Gasteiger partial charge in [-0.3, -0.25) is 4.79 Å². The number of halogens is 1. The van der Waals surface area contributed by atoms with Crippen molar-refractivity contribution < 1.29 is 22.3 Å². The number of nitrogens with zero attached hydrogens (tertiary/aromatic N) is 5. The van der Waals surface area contributed by atoms with Gasteiger partial charge in [0.2, 0.25) is 11.9 Å². The number of amides is 1. The number of hydrogen-bond acceptors (Lipinski definition) is 10. The molecule has 4 heterocycles. The smallest absolute Gasteiger partial charge is 0.244 e. The van der Waals surface area contributed by atoms with E-state index in [1.807, 2.05) is 39.0 Å². The molecule has 0 spiro atoms. The molecular formula is C31H40FN7O4S. The van der Waals surface area contributed by atoms with E-state index in [-0.39, 0.29) is 30.2 Å². The molecule has 0 radical (unpaired) electrons. The van der Waals surface area contributed by atoms with Crippen molar-refractivity contribution in [1.29, 1.82) is 0 Å². The average Bonchev–Trinajstić information content (AvgIpc) is 2.97. The van der Waals surface area contributed by atoms with Crippen molar-refractivity contribution in [3.05, 3.63) is 54.9 Å². The molecule has 3 aromatic rings. The summed E-state index contributed by atoms with van der Waals surface area (Å²) in [4.78, 5) is 30.0. The molecule has 0 aliphatic carbocycles. The third kappa shape index (κ3) is 6.63. The molecule has 13 heteroatoms. The highest BCUT2D eigenvalue weighted by Crippen LogP contribution is 2.40. The number of fused-ring (bicyclic) bond motifs is 1. The van der Waals surface area contributed by atoms with E-state index in [0.717, 1.165) is 22.0 Å². The monoisotopic (exact) mass is 625 g/mol. The quantitative estimate of drug-likeness (QED) is 0.322. The Morgan fingerprint density at radius 3 is 2.64 bits per heavy atom. The number of carbonyl (C=O) groups excluding carboxylic acids is 1. The van der Waals surface area contributed by atoms with Gasteiger partial charge in [-0.25, -0.2) is 22.8 Å². The van der Waals surface area contributed by atoms with Gasteiger partial charge in [0.1, 0.15) is 27.6 Å². The first-order chi connectivity index (χ1) is 20.8. The maximum Gasteiger partial charge on any atom is 0.244 e. The number of benzene rings is 1. The Bertz CT molecular complexity index is 1670. The molecule has 0 saturated carbocycles. The largest absolute Gasteiger partial charge is 0.378 e. The van der Waals surface area contributed by atoms with Crippen molar-refractivity contribution in [2.45, 2.75) is 51.0 Å². The maximum absolute atomic E-state index is 14.5. The van der Waals surface area contributed by atoms with Crippen LogP contribution in [-0.2, 0) is 24.9 Å². The second-order valence-corrected chi connectivity index (χ2v) is 14.4. The van der Waals surface area contributed by atoms with Crippen LogP contribution in [0.15, 0.2) is 49.3 Å². The van der Waals surface area contributed by atoms with Crippen LogP contribution >= 0.6 is 0 Å². The number of methoxy groups -OCH3 is 1. The summed E-state index contributed by atoms with van der Waals surface area (Å²) >= 11 is 0. The molecule has 0 bridgehead atoms. The van der Waals surface area contributed by atoms with Crippen LogP contribution in [0.5, 0.6) is 0 Å². The van der Waals surface area contributed by atoms with Crippen LogP contribution in [-0.4, -0.2) is 86.3 Å². The van der Waals surface area contributed by atoms with Crippen molar-refractivity contribution in [3.63, 3.8) is 0 Å². The third-order valence-electron chi connectivity index (χ3n) is 8.57. The Balaban J connectivity index is 1.48. The molecule has 5 rings (SSSR count). The fourth-order valence-corrected chi connectivity index (χ4v) is 7.29. The molecule has 1 amide bonds. The van der Waals surface area contributed by atoms with E-state index in [4.69, 9.17) is 9.72 Å². The molecule has 2 aliphatic rings. The summed E-state index contributed by atoms with van der Waals surface area (Å²) in [6.07, 6.45) is 4.89. The predicted molar refractivity (Wildman–Crippen MR) is 171 cm³/mol. The van der Waals surface area contributed by atoms with Crippen molar-refractivity contribution in [3.8, 4) is 0 Å². The van der Waals surface area contributed by atoms with Gasteiger partial charge in [0.25, 0.3) is 0 Å². The summed E-state index contributed by atoms with van der Waals surface area (Å²) in [6, 6.07) is 7.66. The predicted octanol–water partition coefficient (Wildman–Crippen LogP) is 3.74. The third-order valence-corrected chi connectivity index (χ3v) is 9.60. The first-order valence-corrected chi connectivity index (χ1v) is 16.7. The molecule has 4 atom stereocenters. The van der Waals surface area contributed by atoms with Crippen LogP contribution in [0.1, 0.15) is 32.8 Å². The van der Waals surface area contributed by atoms with Gasteiger partial charge >= 0.3 is 0 Å². The SMILES string of the molecule is C=CC(=O)NC(C)(C)c1ccc(N2C[C@H](CS(C)(=O)=O)[C@H]2C)c2cnc(Nc3ccnc(N4CC[C@@H](OC)[C@@H](F)C4)n3)cc12. The Hall–Kier alpha value is -3.84. The highest BCUT2D eigenvalue weighted by Gasteiger charge is 2.39. The molecule has 1 aromatic carbocycles. The minimum atomic E-state index is -3.09. The van der Waals surface area contributed by atoms with Gasteiger partial charge < -0.3 is 25.2 Å². The number of anilines is 4. The highest BCUT2D eigenvalue weighted by atomic mass is 32.2. The standard InChI is InChI=1S/C31H40FN7O4S/c1-7-29(40)37-31(3,4)23-8-9-25(39-16-20(19(39)2)18-44(6,41)42)22-15-34-28(14-21(22)23)35-27-10-12-33-30(36-27)38-13-11-26(43-5)24(32)17-38/h7-10,12,14-15,19-20,24,26H,1,11,13,16-18H2,2-6H3,(H,37,40)(H,33,34,35,36)/t19-,20-,24+,26-/m1/s1. The van der Waals surface area contributed by atoms with Crippen molar-refractivity contribution in [2.75, 3.05) is 53.9 Å². The number of rotatable bonds is 10. The number of pyridine rings is 1. The first-order valence-electron chi connectivity index (χ1n) is 14.6. The second kappa shape index (κ2) is 12.3. The van der Waals surface area contributed by atoms with Crippen LogP contribution in [0.4, 0.5) is 27.7 Å². The van der Waals surface area contributed by atoms with Gasteiger partial charge in [-0.05, 0) is 62.4 Å². The summed E-state index contributed by atoms with van der Waals surface area (Å²) in [5.74, 6) is 1.34. The number of alkyl halides is 1. The number of carbonyl (C=O) groups is 1. The van der Waals surface area contributed by atoms with Crippen LogP contribution in [0, 0.1) is 5.92 Å². The molecule has 236 valence electrons. The molecule has 2 aromatic heterocycles. The van der Waals surface area contributed by atoms with Crippen molar-refractivity contribution in [2.24, 2.45) is 5.92 Å². The lowest BCUT2D eigenvalue weighted by Gasteiger charge is -2.48. The highest BCUT2D eigenvalue weighted by molar-refractivity contribution is 7.90. The van der Waals surface area contributed by atoms with Crippen LogP contribution < -0.4 is 20.4 Å². The summed E-state index contributed by atoms with van der Waals surface area (Å²) in [7, 11) is -1.57. The lowest BCUT2D eigenvalue weighted by Crippen LogP contribution is -2.57. The minimum Gasteiger partial charge on any atom is -0.378 e. The fraction of sp³-hybridized carbons (Fsp3) is 0.484. The molecule has 2 aliphatic heterocycles. The Kier molecular flexibility index (Phi) is 8.81. The Morgan fingerprint density at radius 1 is 1.20 bits per heavy atom. The number of nitrogens with one attached hydrogen (secondary N) is 2. The normalized spacial score (nSPS) is 22.4. The molecule has 2 saturated heterocycles. The van der Waals surface area contributed by atoms with Gasteiger partial charge in [-0.1, -0.05) is 12.6 Å². The van der Waals surface area contributed by atoms with E-state index < -0.39 is 27.7 Å². The number of ether oxygens (including phenoxy) is 1. The summed E-state index contributed by atoms with van der Waals surface area (Å²) in [5, 5.41) is 8.01. The molecule has 44 heavy (non-hydrogen) atoms. The summed E-state index contributed by atoms with van der Waals surface area (Å²) in [6.45, 7) is 10.8. The zero-order valence-electron chi connectivity index (χ0n) is 25.7. The van der Waals surface area contributed by atoms with E-state index in [1.54, 1.807) is 23.4 Å². The number of aromatic nitrogens is 3. The van der Waals surface area contributed by atoms with Gasteiger partial charge in [-0.2, -0.15) is 4.98 Å². The van der Waals surface area contributed by atoms with E-state index in [9.17, 15) is 17.6 Å². The molecular weight excluding hydrogens is 585 g/mol. The summed E-state index contributed by atoms with van der Waals surface area (Å²) < 4.78 is 43.6. The van der Waals surface area contributed by atoms with Gasteiger partial charge in [-0.15, -0.1) is 0 Å². The zero-order chi connectivity index (χ0) is 31.8. The van der Waals surface area contributed by atoms with Crippen molar-refractivity contribution in [1.82, 2.24) is 20.3 Å². The maximum atomic E-state index is 14.5. The molecule has 2 fully saturated rings. The minimum absolute atomic E-state index is 0.0300. The molecule has 11 nitrogen and oxygen atoms in total. The Morgan fingerprint density at radius 2 is 1.98 bits per heavy atom. The van der Waals surface area contributed by atoms with E-state index in [0.29, 0.717) is 37.1 Å². The first kappa shape index (κ1) is 31.6. The summed E-state index contributed by atoms with van der Waals surface area (Å²) in [5.41, 5.74) is 1.06. The molecule has 0 unspecified atom stereocenters. The van der Waals surface area contributed by atoms with E-state index in [2.05, 4.69) is 32.1 Å². The lowest BCUT2D eigenvalue weighted by atomic mass is 9.86. The van der Waals surface area contributed by atoms with Crippen molar-refractivity contribution >= 4 is 49.8 Å². The number of piperidine rings is 1. The van der Waals surface area contributed by atoms with E-state index >= 15 is 0 Å². The van der Waals surface area contributed by atoms with Crippen LogP contribution in [0.25, 0.3) is 10.8 Å². The fourth-order valence-electron chi connectivity index (χ4n) is 6.13. The van der Waals surface area contributed by atoms with Crippen LogP contribution in [0.3, 0.4) is 0 Å². The number of sulfone groups is 1. The van der Waals surface area contributed by atoms with Crippen LogP contribution in [0.2, 0.25) is 0 Å².